The minimum atomic E-state index is -4.35. The number of phenols is 1. The van der Waals surface area contributed by atoms with E-state index in [4.69, 9.17) is 21.3 Å². The van der Waals surface area contributed by atoms with E-state index >= 15 is 0 Å². The second-order valence-electron chi connectivity index (χ2n) is 2.06. The molecule has 0 aliphatic heterocycles. The summed E-state index contributed by atoms with van der Waals surface area (Å²) >= 11 is 5.39. The summed E-state index contributed by atoms with van der Waals surface area (Å²) in [4.78, 5) is -0.496. The fourth-order valence-electron chi connectivity index (χ4n) is 0.698. The molecule has 1 aromatic rings. The first-order valence-corrected chi connectivity index (χ1v) is 4.69. The van der Waals surface area contributed by atoms with E-state index < -0.39 is 15.0 Å². The number of benzene rings is 1. The third-order valence-electron chi connectivity index (χ3n) is 1.22. The molecular weight excluding hydrogens is 227 g/mol. The van der Waals surface area contributed by atoms with Gasteiger partial charge in [-0.2, -0.15) is 8.42 Å². The predicted octanol–water partition coefficient (Wildman–Crippen LogP) is 0.644. The molecule has 0 amide bonds. The van der Waals surface area contributed by atoms with Gasteiger partial charge in [0.2, 0.25) is 0 Å². The Kier molecular flexibility index (Phi) is 4.71. The van der Waals surface area contributed by atoms with Crippen LogP contribution in [0.15, 0.2) is 23.1 Å². The molecule has 0 saturated carbocycles. The van der Waals surface area contributed by atoms with E-state index in [9.17, 15) is 8.42 Å². The van der Waals surface area contributed by atoms with Crippen LogP contribution < -0.4 is 0 Å². The van der Waals surface area contributed by atoms with Crippen LogP contribution in [0.1, 0.15) is 0 Å². The van der Waals surface area contributed by atoms with E-state index in [1.54, 1.807) is 0 Å². The molecule has 0 radical (unpaired) electrons. The summed E-state index contributed by atoms with van der Waals surface area (Å²) in [6.45, 7) is 0. The van der Waals surface area contributed by atoms with Crippen LogP contribution in [0.25, 0.3) is 0 Å². The number of phenolic OH excluding ortho intramolecular Hbond substituents is 1. The van der Waals surface area contributed by atoms with E-state index in [-0.39, 0.29) is 40.3 Å². The van der Waals surface area contributed by atoms with Crippen LogP contribution in [0, 0.1) is 0 Å². The topological polar surface area (TPSA) is 74.6 Å². The SMILES string of the molecule is O=S(=O)(O)c1cccc(O)c1Cl.[NaH]. The molecule has 13 heavy (non-hydrogen) atoms. The molecule has 0 unspecified atom stereocenters. The molecule has 1 rings (SSSR count). The van der Waals surface area contributed by atoms with Crippen LogP contribution in [-0.2, 0) is 10.1 Å². The average molecular weight is 233 g/mol. The van der Waals surface area contributed by atoms with Gasteiger partial charge in [0, 0.05) is 0 Å². The number of rotatable bonds is 1. The van der Waals surface area contributed by atoms with Crippen molar-refractivity contribution >= 4 is 51.3 Å². The van der Waals surface area contributed by atoms with Crippen molar-refractivity contribution in [2.24, 2.45) is 0 Å². The van der Waals surface area contributed by atoms with Crippen LogP contribution in [0.4, 0.5) is 0 Å². The number of halogens is 1. The minimum absolute atomic E-state index is 0. The summed E-state index contributed by atoms with van der Waals surface area (Å²) < 4.78 is 29.7. The molecule has 0 saturated heterocycles. The van der Waals surface area contributed by atoms with Crippen molar-refractivity contribution in [3.8, 4) is 5.75 Å². The molecule has 0 aliphatic rings. The van der Waals surface area contributed by atoms with Crippen LogP contribution in [0.2, 0.25) is 5.02 Å². The zero-order valence-corrected chi connectivity index (χ0v) is 7.30. The quantitative estimate of drug-likeness (QED) is 0.551. The molecule has 0 heterocycles. The van der Waals surface area contributed by atoms with Crippen LogP contribution in [0.3, 0.4) is 0 Å². The van der Waals surface area contributed by atoms with Gasteiger partial charge in [0.05, 0.1) is 0 Å². The van der Waals surface area contributed by atoms with Crippen LogP contribution >= 0.6 is 11.6 Å². The van der Waals surface area contributed by atoms with Crippen LogP contribution in [-0.4, -0.2) is 47.6 Å². The third-order valence-corrected chi connectivity index (χ3v) is 2.63. The molecule has 0 fully saturated rings. The van der Waals surface area contributed by atoms with Crippen molar-refractivity contribution in [1.82, 2.24) is 0 Å². The zero-order valence-electron chi connectivity index (χ0n) is 5.73. The first-order valence-electron chi connectivity index (χ1n) is 2.88. The van der Waals surface area contributed by atoms with Gasteiger partial charge in [-0.25, -0.2) is 0 Å². The summed E-state index contributed by atoms with van der Waals surface area (Å²) in [5.74, 6) is -0.383. The van der Waals surface area contributed by atoms with E-state index in [0.717, 1.165) is 6.07 Å². The number of aromatic hydroxyl groups is 1. The molecular formula is C6H6ClNaO4S. The average Bonchev–Trinajstić information content (AvgIpc) is 1.92. The van der Waals surface area contributed by atoms with Gasteiger partial charge in [0.15, 0.2) is 0 Å². The third kappa shape index (κ3) is 3.12. The first kappa shape index (κ1) is 13.2. The molecule has 0 aromatic heterocycles. The Balaban J connectivity index is 0.00000144. The van der Waals surface area contributed by atoms with Gasteiger partial charge < -0.3 is 5.11 Å². The van der Waals surface area contributed by atoms with E-state index in [2.05, 4.69) is 0 Å². The number of hydrogen-bond acceptors (Lipinski definition) is 3. The summed E-state index contributed by atoms with van der Waals surface area (Å²) in [7, 11) is -4.35. The fourth-order valence-corrected chi connectivity index (χ4v) is 1.70. The Bertz CT molecular complexity index is 403. The molecule has 0 aliphatic carbocycles. The maximum atomic E-state index is 10.6. The summed E-state index contributed by atoms with van der Waals surface area (Å²) in [5.41, 5.74) is 0. The second kappa shape index (κ2) is 4.63. The van der Waals surface area contributed by atoms with E-state index in [1.165, 1.54) is 12.1 Å². The molecule has 7 heteroatoms. The monoisotopic (exact) mass is 232 g/mol. The number of hydrogen-bond donors (Lipinski definition) is 2. The Morgan fingerprint density at radius 2 is 1.85 bits per heavy atom. The second-order valence-corrected chi connectivity index (χ2v) is 3.83. The Morgan fingerprint density at radius 3 is 2.23 bits per heavy atom. The van der Waals surface area contributed by atoms with Gasteiger partial charge >= 0.3 is 29.6 Å². The van der Waals surface area contributed by atoms with Gasteiger partial charge in [-0.05, 0) is 12.1 Å². The van der Waals surface area contributed by atoms with Gasteiger partial charge in [-0.15, -0.1) is 0 Å². The molecule has 0 atom stereocenters. The molecule has 4 nitrogen and oxygen atoms in total. The Hall–Kier alpha value is 0.220. The van der Waals surface area contributed by atoms with Crippen molar-refractivity contribution in [2.45, 2.75) is 4.90 Å². The van der Waals surface area contributed by atoms with Crippen molar-refractivity contribution in [2.75, 3.05) is 0 Å². The maximum absolute atomic E-state index is 10.6. The van der Waals surface area contributed by atoms with Crippen LogP contribution in [0.5, 0.6) is 5.75 Å². The summed E-state index contributed by atoms with van der Waals surface area (Å²) in [6.07, 6.45) is 0. The molecule has 68 valence electrons. The van der Waals surface area contributed by atoms with Gasteiger partial charge in [-0.3, -0.25) is 4.55 Å². The Morgan fingerprint density at radius 1 is 1.31 bits per heavy atom. The Labute approximate surface area is 103 Å². The molecule has 0 spiro atoms. The van der Waals surface area contributed by atoms with Crippen molar-refractivity contribution in [3.05, 3.63) is 23.2 Å². The van der Waals surface area contributed by atoms with E-state index in [1.807, 2.05) is 0 Å². The van der Waals surface area contributed by atoms with Gasteiger partial charge in [0.1, 0.15) is 15.7 Å². The van der Waals surface area contributed by atoms with Crippen molar-refractivity contribution in [3.63, 3.8) is 0 Å². The fraction of sp³-hybridized carbons (Fsp3) is 0. The standard InChI is InChI=1S/C6H5ClO4S.Na.H/c7-6-4(8)2-1-3-5(6)12(9,10)11;;/h1-3,8H,(H,9,10,11);;. The molecule has 1 aromatic carbocycles. The molecule has 2 N–H and O–H groups in total. The zero-order chi connectivity index (χ0) is 9.35. The normalized spacial score (nSPS) is 10.6. The first-order chi connectivity index (χ1) is 5.43. The molecule has 0 bridgehead atoms. The van der Waals surface area contributed by atoms with Crippen molar-refractivity contribution in [1.29, 1.82) is 0 Å². The van der Waals surface area contributed by atoms with E-state index in [0.29, 0.717) is 0 Å². The van der Waals surface area contributed by atoms with Crippen molar-refractivity contribution < 1.29 is 18.1 Å². The van der Waals surface area contributed by atoms with Gasteiger partial charge in [0.25, 0.3) is 10.1 Å². The summed E-state index contributed by atoms with van der Waals surface area (Å²) in [5, 5.41) is 8.58. The predicted molar refractivity (Wildman–Crippen MR) is 50.1 cm³/mol. The summed E-state index contributed by atoms with van der Waals surface area (Å²) in [6, 6.07) is 3.58. The van der Waals surface area contributed by atoms with Gasteiger partial charge in [-0.1, -0.05) is 17.7 Å².